The van der Waals surface area contributed by atoms with Gasteiger partial charge in [0.1, 0.15) is 0 Å². The van der Waals surface area contributed by atoms with Gasteiger partial charge in [-0.3, -0.25) is 0 Å². The van der Waals surface area contributed by atoms with Gasteiger partial charge in [-0.1, -0.05) is 48.0 Å². The van der Waals surface area contributed by atoms with E-state index in [9.17, 15) is 5.11 Å². The molecule has 2 aromatic rings. The summed E-state index contributed by atoms with van der Waals surface area (Å²) in [6.45, 7) is 2.03. The summed E-state index contributed by atoms with van der Waals surface area (Å²) in [4.78, 5) is 0. The molecule has 21 heavy (non-hydrogen) atoms. The highest BCUT2D eigenvalue weighted by atomic mass is 35.5. The first kappa shape index (κ1) is 14.6. The van der Waals surface area contributed by atoms with Crippen LogP contribution >= 0.6 is 11.6 Å². The number of hydrogen-bond donors (Lipinski definition) is 1. The molecule has 1 aliphatic rings. The third-order valence-electron chi connectivity index (χ3n) is 4.57. The van der Waals surface area contributed by atoms with E-state index in [0.717, 1.165) is 35.4 Å². The van der Waals surface area contributed by atoms with Crippen LogP contribution in [0.25, 0.3) is 0 Å². The van der Waals surface area contributed by atoms with Crippen LogP contribution in [0.15, 0.2) is 42.5 Å². The molecule has 2 atom stereocenters. The van der Waals surface area contributed by atoms with Crippen LogP contribution in [0, 0.1) is 12.8 Å². The zero-order valence-electron chi connectivity index (χ0n) is 12.3. The minimum atomic E-state index is -0.321. The van der Waals surface area contributed by atoms with Gasteiger partial charge in [0.15, 0.2) is 0 Å². The fourth-order valence-electron chi connectivity index (χ4n) is 3.26. The van der Waals surface area contributed by atoms with Crippen LogP contribution < -0.4 is 0 Å². The predicted octanol–water partition coefficient (Wildman–Crippen LogP) is 4.36. The van der Waals surface area contributed by atoms with Gasteiger partial charge in [0, 0.05) is 11.4 Å². The van der Waals surface area contributed by atoms with Crippen molar-refractivity contribution in [3.8, 4) is 0 Å². The molecule has 0 aromatic heterocycles. The van der Waals surface area contributed by atoms with E-state index in [1.54, 1.807) is 0 Å². The van der Waals surface area contributed by atoms with Gasteiger partial charge < -0.3 is 5.11 Å². The van der Waals surface area contributed by atoms with E-state index in [1.807, 2.05) is 19.1 Å². The van der Waals surface area contributed by atoms with Crippen LogP contribution in [0.5, 0.6) is 0 Å². The van der Waals surface area contributed by atoms with E-state index in [0.29, 0.717) is 12.3 Å². The van der Waals surface area contributed by atoms with E-state index >= 15 is 0 Å². The van der Waals surface area contributed by atoms with E-state index < -0.39 is 0 Å². The monoisotopic (exact) mass is 300 g/mol. The fourth-order valence-corrected chi connectivity index (χ4v) is 3.58. The normalized spacial score (nSPS) is 19.1. The first-order valence-corrected chi connectivity index (χ1v) is 8.01. The molecule has 1 aliphatic carbocycles. The average molecular weight is 301 g/mol. The Kier molecular flexibility index (Phi) is 4.32. The lowest BCUT2D eigenvalue weighted by Crippen LogP contribution is -2.28. The number of aliphatic hydroxyl groups excluding tert-OH is 1. The van der Waals surface area contributed by atoms with Gasteiger partial charge in [-0.15, -0.1) is 0 Å². The van der Waals surface area contributed by atoms with Crippen molar-refractivity contribution in [1.29, 1.82) is 0 Å². The Balaban J connectivity index is 1.70. The quantitative estimate of drug-likeness (QED) is 0.893. The van der Waals surface area contributed by atoms with Crippen molar-refractivity contribution in [2.24, 2.45) is 5.92 Å². The van der Waals surface area contributed by atoms with E-state index in [4.69, 9.17) is 11.6 Å². The Morgan fingerprint density at radius 2 is 1.95 bits per heavy atom. The number of halogens is 1. The van der Waals surface area contributed by atoms with E-state index in [2.05, 4.69) is 30.3 Å². The molecule has 0 aliphatic heterocycles. The van der Waals surface area contributed by atoms with E-state index in [1.165, 1.54) is 11.1 Å². The van der Waals surface area contributed by atoms with Gasteiger partial charge in [-0.25, -0.2) is 0 Å². The summed E-state index contributed by atoms with van der Waals surface area (Å²) < 4.78 is 0. The maximum absolute atomic E-state index is 10.6. The molecule has 0 radical (unpaired) electrons. The number of benzene rings is 2. The van der Waals surface area contributed by atoms with Gasteiger partial charge in [0.2, 0.25) is 0 Å². The molecular weight excluding hydrogens is 280 g/mol. The van der Waals surface area contributed by atoms with Crippen LogP contribution in [0.2, 0.25) is 5.02 Å². The molecule has 0 saturated carbocycles. The summed E-state index contributed by atoms with van der Waals surface area (Å²) in [5, 5.41) is 11.4. The van der Waals surface area contributed by atoms with Crippen LogP contribution in [0.3, 0.4) is 0 Å². The second kappa shape index (κ2) is 6.21. The van der Waals surface area contributed by atoms with Crippen molar-refractivity contribution < 1.29 is 5.11 Å². The summed E-state index contributed by atoms with van der Waals surface area (Å²) >= 11 is 6.28. The minimum absolute atomic E-state index is 0.321. The minimum Gasteiger partial charge on any atom is -0.392 e. The summed E-state index contributed by atoms with van der Waals surface area (Å²) in [6.07, 6.45) is 3.42. The molecule has 2 heteroatoms. The molecule has 2 unspecified atom stereocenters. The predicted molar refractivity (Wildman–Crippen MR) is 87.9 cm³/mol. The molecule has 0 fully saturated rings. The third-order valence-corrected chi connectivity index (χ3v) is 4.92. The molecule has 0 bridgehead atoms. The van der Waals surface area contributed by atoms with Gasteiger partial charge in [0.05, 0.1) is 6.10 Å². The summed E-state index contributed by atoms with van der Waals surface area (Å²) in [6, 6.07) is 14.6. The van der Waals surface area contributed by atoms with Crippen LogP contribution in [0.1, 0.15) is 28.7 Å². The number of fused-ring (bicyclic) bond motifs is 1. The largest absolute Gasteiger partial charge is 0.392 e. The Morgan fingerprint density at radius 3 is 2.71 bits per heavy atom. The van der Waals surface area contributed by atoms with Crippen LogP contribution in [-0.2, 0) is 19.3 Å². The van der Waals surface area contributed by atoms with E-state index in [-0.39, 0.29) is 6.10 Å². The summed E-state index contributed by atoms with van der Waals surface area (Å²) in [7, 11) is 0. The standard InChI is InChI=1S/C19H21ClO/c1-13-6-7-16(18(20)10-13)12-19(21)17-9-8-14-4-2-3-5-15(14)11-17/h2-7,10,17,19,21H,8-9,11-12H2,1H3. The fraction of sp³-hybridized carbons (Fsp3) is 0.368. The number of aliphatic hydroxyl groups is 1. The highest BCUT2D eigenvalue weighted by Crippen LogP contribution is 2.30. The van der Waals surface area contributed by atoms with Gasteiger partial charge in [-0.05, 0) is 60.4 Å². The molecule has 2 aromatic carbocycles. The Hall–Kier alpha value is -1.31. The van der Waals surface area contributed by atoms with Crippen molar-refractivity contribution in [3.05, 3.63) is 69.7 Å². The SMILES string of the molecule is Cc1ccc(CC(O)C2CCc3ccccc3C2)c(Cl)c1. The maximum atomic E-state index is 10.6. The smallest absolute Gasteiger partial charge is 0.0612 e. The third kappa shape index (κ3) is 3.30. The molecule has 0 spiro atoms. The van der Waals surface area contributed by atoms with Crippen molar-refractivity contribution >= 4 is 11.6 Å². The Labute approximate surface area is 131 Å². The lowest BCUT2D eigenvalue weighted by Gasteiger charge is -2.28. The number of hydrogen-bond acceptors (Lipinski definition) is 1. The molecule has 0 amide bonds. The highest BCUT2D eigenvalue weighted by molar-refractivity contribution is 6.31. The molecule has 1 N–H and O–H groups in total. The maximum Gasteiger partial charge on any atom is 0.0612 e. The van der Waals surface area contributed by atoms with Crippen LogP contribution in [-0.4, -0.2) is 11.2 Å². The number of rotatable bonds is 3. The zero-order chi connectivity index (χ0) is 14.8. The lowest BCUT2D eigenvalue weighted by molar-refractivity contribution is 0.0993. The average Bonchev–Trinajstić information content (AvgIpc) is 2.49. The van der Waals surface area contributed by atoms with Crippen molar-refractivity contribution in [2.45, 2.75) is 38.7 Å². The number of aryl methyl sites for hydroxylation is 2. The topological polar surface area (TPSA) is 20.2 Å². The molecule has 0 heterocycles. The first-order valence-electron chi connectivity index (χ1n) is 7.63. The second-order valence-corrected chi connectivity index (χ2v) is 6.55. The molecular formula is C19H21ClO. The molecule has 110 valence electrons. The second-order valence-electron chi connectivity index (χ2n) is 6.14. The lowest BCUT2D eigenvalue weighted by atomic mass is 9.79. The zero-order valence-corrected chi connectivity index (χ0v) is 13.1. The van der Waals surface area contributed by atoms with Crippen molar-refractivity contribution in [2.75, 3.05) is 0 Å². The van der Waals surface area contributed by atoms with Crippen LogP contribution in [0.4, 0.5) is 0 Å². The van der Waals surface area contributed by atoms with Gasteiger partial charge in [-0.2, -0.15) is 0 Å². The molecule has 0 saturated heterocycles. The summed E-state index contributed by atoms with van der Waals surface area (Å²) in [5.41, 5.74) is 5.04. The van der Waals surface area contributed by atoms with Gasteiger partial charge in [0.25, 0.3) is 0 Å². The highest BCUT2D eigenvalue weighted by Gasteiger charge is 2.25. The molecule has 3 rings (SSSR count). The van der Waals surface area contributed by atoms with Crippen molar-refractivity contribution in [3.63, 3.8) is 0 Å². The van der Waals surface area contributed by atoms with Gasteiger partial charge >= 0.3 is 0 Å². The Bertz CT molecular complexity index is 635. The summed E-state index contributed by atoms with van der Waals surface area (Å²) in [5.74, 6) is 0.331. The Morgan fingerprint density at radius 1 is 1.19 bits per heavy atom. The molecule has 1 nitrogen and oxygen atoms in total. The van der Waals surface area contributed by atoms with Crippen molar-refractivity contribution in [1.82, 2.24) is 0 Å². The first-order chi connectivity index (χ1) is 10.1.